The number of rotatable bonds is 9. The minimum atomic E-state index is -1.06. The number of carboxylic acids is 1. The van der Waals surface area contributed by atoms with Crippen LogP contribution in [0.4, 0.5) is 4.39 Å². The van der Waals surface area contributed by atoms with Gasteiger partial charge in [0.2, 0.25) is 5.88 Å². The third-order valence-electron chi connectivity index (χ3n) is 8.02. The van der Waals surface area contributed by atoms with Gasteiger partial charge in [0.05, 0.1) is 18.7 Å². The molecule has 2 aliphatic heterocycles. The van der Waals surface area contributed by atoms with Crippen LogP contribution in [-0.4, -0.2) is 61.3 Å². The molecule has 41 heavy (non-hydrogen) atoms. The SMILES string of the molecule is CC(c1nc2ccc(C(=O)O)nc2n1CC1CCO1)N1CCC(c2cccc(OCc3cc(Cl)ccc3F)n2)CC1. The molecular weight excluding hydrogens is 549 g/mol. The molecule has 2 saturated heterocycles. The van der Waals surface area contributed by atoms with E-state index in [0.717, 1.165) is 50.5 Å². The number of aromatic nitrogens is 4. The van der Waals surface area contributed by atoms with Gasteiger partial charge in [-0.3, -0.25) is 4.90 Å². The summed E-state index contributed by atoms with van der Waals surface area (Å²) in [6.45, 7) is 5.22. The van der Waals surface area contributed by atoms with E-state index in [2.05, 4.69) is 16.8 Å². The number of pyridine rings is 2. The van der Waals surface area contributed by atoms with Gasteiger partial charge in [0.25, 0.3) is 0 Å². The second-order valence-electron chi connectivity index (χ2n) is 10.6. The van der Waals surface area contributed by atoms with E-state index in [9.17, 15) is 14.3 Å². The first-order valence-electron chi connectivity index (χ1n) is 13.9. The highest BCUT2D eigenvalue weighted by molar-refractivity contribution is 6.30. The average molecular weight is 580 g/mol. The van der Waals surface area contributed by atoms with Crippen LogP contribution in [0.15, 0.2) is 48.5 Å². The van der Waals surface area contributed by atoms with E-state index >= 15 is 0 Å². The number of imidazole rings is 1. The standard InChI is InChI=1S/C30H31ClFN5O4/c1-18(28-34-25-7-8-26(30(38)39)35-29(25)37(28)16-22-11-14-40-22)36-12-9-19(10-13-36)24-3-2-4-27(33-24)41-17-20-15-21(31)5-6-23(20)32/h2-8,15,18-19,22H,9-14,16-17H2,1H3,(H,38,39). The Morgan fingerprint density at radius 1 is 1.15 bits per heavy atom. The van der Waals surface area contributed by atoms with Crippen molar-refractivity contribution in [2.75, 3.05) is 19.7 Å². The molecule has 9 nitrogen and oxygen atoms in total. The molecule has 2 aliphatic rings. The molecule has 11 heteroatoms. The lowest BCUT2D eigenvalue weighted by Gasteiger charge is -2.36. The fraction of sp³-hybridized carbons (Fsp3) is 0.400. The zero-order valence-electron chi connectivity index (χ0n) is 22.7. The van der Waals surface area contributed by atoms with E-state index in [4.69, 9.17) is 31.0 Å². The van der Waals surface area contributed by atoms with Crippen molar-refractivity contribution in [2.24, 2.45) is 0 Å². The van der Waals surface area contributed by atoms with Crippen LogP contribution in [-0.2, 0) is 17.9 Å². The van der Waals surface area contributed by atoms with Crippen molar-refractivity contribution in [2.45, 2.75) is 57.4 Å². The lowest BCUT2D eigenvalue weighted by molar-refractivity contribution is -0.0595. The van der Waals surface area contributed by atoms with Crippen molar-refractivity contribution in [3.8, 4) is 5.88 Å². The van der Waals surface area contributed by atoms with Crippen molar-refractivity contribution in [1.82, 2.24) is 24.4 Å². The first-order chi connectivity index (χ1) is 19.9. The summed E-state index contributed by atoms with van der Waals surface area (Å²) < 4.78 is 27.6. The summed E-state index contributed by atoms with van der Waals surface area (Å²) >= 11 is 6.00. The lowest BCUT2D eigenvalue weighted by Crippen LogP contribution is -2.37. The number of aromatic carboxylic acids is 1. The number of carboxylic acid groups (broad SMARTS) is 1. The zero-order valence-corrected chi connectivity index (χ0v) is 23.4. The molecule has 1 aromatic carbocycles. The highest BCUT2D eigenvalue weighted by atomic mass is 35.5. The Hall–Kier alpha value is -3.60. The molecule has 1 N–H and O–H groups in total. The second kappa shape index (κ2) is 11.7. The van der Waals surface area contributed by atoms with Crippen molar-refractivity contribution in [1.29, 1.82) is 0 Å². The summed E-state index contributed by atoms with van der Waals surface area (Å²) in [5.74, 6) is 0.172. The number of nitrogens with zero attached hydrogens (tertiary/aromatic N) is 5. The van der Waals surface area contributed by atoms with E-state index in [1.807, 2.05) is 16.7 Å². The molecule has 214 valence electrons. The molecule has 2 atom stereocenters. The van der Waals surface area contributed by atoms with Crippen LogP contribution < -0.4 is 4.74 Å². The maximum Gasteiger partial charge on any atom is 0.354 e. The topological polar surface area (TPSA) is 103 Å². The summed E-state index contributed by atoms with van der Waals surface area (Å²) in [6, 6.07) is 13.4. The van der Waals surface area contributed by atoms with E-state index in [0.29, 0.717) is 34.2 Å². The first-order valence-corrected chi connectivity index (χ1v) is 14.2. The zero-order chi connectivity index (χ0) is 28.5. The number of likely N-dealkylation sites (tertiary alicyclic amines) is 1. The van der Waals surface area contributed by atoms with Gasteiger partial charge in [0, 0.05) is 34.9 Å². The quantitative estimate of drug-likeness (QED) is 0.272. The molecule has 5 heterocycles. The minimum absolute atomic E-state index is 0.00427. The van der Waals surface area contributed by atoms with Gasteiger partial charge >= 0.3 is 5.97 Å². The smallest absolute Gasteiger partial charge is 0.354 e. The van der Waals surface area contributed by atoms with Gasteiger partial charge in [0.15, 0.2) is 11.3 Å². The number of benzene rings is 1. The third-order valence-corrected chi connectivity index (χ3v) is 8.25. The molecule has 4 aromatic rings. The summed E-state index contributed by atoms with van der Waals surface area (Å²) in [7, 11) is 0. The first kappa shape index (κ1) is 27.6. The largest absolute Gasteiger partial charge is 0.477 e. The Bertz CT molecular complexity index is 1570. The summed E-state index contributed by atoms with van der Waals surface area (Å²) in [5.41, 5.74) is 2.61. The van der Waals surface area contributed by atoms with Gasteiger partial charge in [-0.05, 0) is 75.7 Å². The Labute approximate surface area is 241 Å². The highest BCUT2D eigenvalue weighted by Crippen LogP contribution is 2.33. The molecule has 0 radical (unpaired) electrons. The molecular formula is C30H31ClFN5O4. The van der Waals surface area contributed by atoms with Crippen LogP contribution in [0.1, 0.15) is 65.7 Å². The molecule has 2 fully saturated rings. The summed E-state index contributed by atoms with van der Waals surface area (Å²) in [5, 5.41) is 9.93. The molecule has 3 aromatic heterocycles. The van der Waals surface area contributed by atoms with Crippen molar-refractivity contribution >= 4 is 28.7 Å². The fourth-order valence-electron chi connectivity index (χ4n) is 5.56. The van der Waals surface area contributed by atoms with Crippen LogP contribution in [0.5, 0.6) is 5.88 Å². The molecule has 2 unspecified atom stereocenters. The molecule has 6 rings (SSSR count). The Morgan fingerprint density at radius 3 is 2.68 bits per heavy atom. The van der Waals surface area contributed by atoms with E-state index in [-0.39, 0.29) is 36.2 Å². The van der Waals surface area contributed by atoms with Crippen LogP contribution in [0, 0.1) is 5.82 Å². The predicted molar refractivity (Wildman–Crippen MR) is 151 cm³/mol. The van der Waals surface area contributed by atoms with Gasteiger partial charge < -0.3 is 19.1 Å². The van der Waals surface area contributed by atoms with Crippen LogP contribution in [0.2, 0.25) is 5.02 Å². The van der Waals surface area contributed by atoms with Gasteiger partial charge in [-0.25, -0.2) is 24.1 Å². The lowest BCUT2D eigenvalue weighted by atomic mass is 9.92. The van der Waals surface area contributed by atoms with Gasteiger partial charge in [-0.15, -0.1) is 0 Å². The van der Waals surface area contributed by atoms with Gasteiger partial charge in [0.1, 0.15) is 23.8 Å². The summed E-state index contributed by atoms with van der Waals surface area (Å²) in [4.78, 5) is 28.0. The molecule has 0 aliphatic carbocycles. The highest BCUT2D eigenvalue weighted by Gasteiger charge is 2.30. The second-order valence-corrected chi connectivity index (χ2v) is 11.1. The molecule has 0 bridgehead atoms. The molecule has 0 spiro atoms. The molecule has 0 amide bonds. The molecule has 0 saturated carbocycles. The number of piperidine rings is 1. The van der Waals surface area contributed by atoms with E-state index in [1.165, 1.54) is 18.2 Å². The Morgan fingerprint density at radius 2 is 1.95 bits per heavy atom. The minimum Gasteiger partial charge on any atom is -0.477 e. The number of hydrogen-bond acceptors (Lipinski definition) is 7. The van der Waals surface area contributed by atoms with Gasteiger partial charge in [-0.1, -0.05) is 17.7 Å². The van der Waals surface area contributed by atoms with E-state index < -0.39 is 5.97 Å². The Kier molecular flexibility index (Phi) is 7.88. The predicted octanol–water partition coefficient (Wildman–Crippen LogP) is 5.63. The van der Waals surface area contributed by atoms with Crippen LogP contribution in [0.25, 0.3) is 11.2 Å². The monoisotopic (exact) mass is 579 g/mol. The number of carbonyl (C=O) groups is 1. The van der Waals surface area contributed by atoms with Crippen LogP contribution >= 0.6 is 11.6 Å². The van der Waals surface area contributed by atoms with Crippen LogP contribution in [0.3, 0.4) is 0 Å². The van der Waals surface area contributed by atoms with Crippen molar-refractivity contribution < 1.29 is 23.8 Å². The third kappa shape index (κ3) is 5.91. The maximum atomic E-state index is 14.1. The van der Waals surface area contributed by atoms with E-state index in [1.54, 1.807) is 18.2 Å². The maximum absolute atomic E-state index is 14.1. The number of halogens is 2. The van der Waals surface area contributed by atoms with Crippen molar-refractivity contribution in [3.05, 3.63) is 82.1 Å². The van der Waals surface area contributed by atoms with Gasteiger partial charge in [-0.2, -0.15) is 0 Å². The summed E-state index contributed by atoms with van der Waals surface area (Å²) in [6.07, 6.45) is 2.87. The fourth-order valence-corrected chi connectivity index (χ4v) is 5.75. The number of fused-ring (bicyclic) bond motifs is 1. The Balaban J connectivity index is 1.14. The number of ether oxygens (including phenoxy) is 2. The van der Waals surface area contributed by atoms with Crippen molar-refractivity contribution in [3.63, 3.8) is 0 Å². The average Bonchev–Trinajstić information content (AvgIpc) is 3.32. The normalized spacial score (nSPS) is 18.8. The number of hydrogen-bond donors (Lipinski definition) is 1.